The Bertz CT molecular complexity index is 432. The molecular formula is C14H17ClN2O. The Kier molecular flexibility index (Phi) is 3.27. The lowest BCUT2D eigenvalue weighted by Crippen LogP contribution is -2.41. The molecule has 3 nitrogen and oxygen atoms in total. The van der Waals surface area contributed by atoms with Crippen molar-refractivity contribution >= 4 is 17.5 Å². The van der Waals surface area contributed by atoms with Crippen LogP contribution in [0.1, 0.15) is 23.2 Å². The van der Waals surface area contributed by atoms with Crippen LogP contribution in [0.15, 0.2) is 24.3 Å². The monoisotopic (exact) mass is 264 g/mol. The molecule has 96 valence electrons. The summed E-state index contributed by atoms with van der Waals surface area (Å²) in [6, 6.07) is 7.65. The minimum atomic E-state index is 0.128. The van der Waals surface area contributed by atoms with E-state index in [2.05, 4.69) is 5.32 Å². The fraction of sp³-hybridized carbons (Fsp3) is 0.500. The lowest BCUT2D eigenvalue weighted by atomic mass is 9.94. The molecule has 0 bridgehead atoms. The maximum atomic E-state index is 12.4. The van der Waals surface area contributed by atoms with Gasteiger partial charge in [0.25, 0.3) is 5.91 Å². The Morgan fingerprint density at radius 3 is 2.78 bits per heavy atom. The lowest BCUT2D eigenvalue weighted by molar-refractivity contribution is 0.0785. The van der Waals surface area contributed by atoms with Gasteiger partial charge in [-0.3, -0.25) is 4.79 Å². The molecule has 2 aliphatic heterocycles. The molecule has 4 heteroatoms. The van der Waals surface area contributed by atoms with Crippen LogP contribution in [0.5, 0.6) is 0 Å². The first-order chi connectivity index (χ1) is 8.74. The molecule has 0 saturated carbocycles. The number of amides is 1. The van der Waals surface area contributed by atoms with Gasteiger partial charge in [0.2, 0.25) is 0 Å². The fourth-order valence-electron chi connectivity index (χ4n) is 2.99. The molecule has 3 rings (SSSR count). The van der Waals surface area contributed by atoms with Crippen molar-refractivity contribution in [3.05, 3.63) is 34.9 Å². The molecular weight excluding hydrogens is 248 g/mol. The van der Waals surface area contributed by atoms with E-state index in [-0.39, 0.29) is 5.91 Å². The number of rotatable bonds is 1. The summed E-state index contributed by atoms with van der Waals surface area (Å²) < 4.78 is 0. The average Bonchev–Trinajstić information content (AvgIpc) is 2.82. The molecule has 1 N–H and O–H groups in total. The van der Waals surface area contributed by atoms with Gasteiger partial charge in [0, 0.05) is 29.7 Å². The zero-order valence-electron chi connectivity index (χ0n) is 10.2. The third-order valence-corrected chi connectivity index (χ3v) is 4.23. The molecule has 2 fully saturated rings. The van der Waals surface area contributed by atoms with Gasteiger partial charge in [0.05, 0.1) is 0 Å². The van der Waals surface area contributed by atoms with Crippen LogP contribution in [0.3, 0.4) is 0 Å². The van der Waals surface area contributed by atoms with Gasteiger partial charge < -0.3 is 10.2 Å². The first kappa shape index (κ1) is 12.0. The number of nitrogens with one attached hydrogen (secondary N) is 1. The maximum absolute atomic E-state index is 12.4. The Morgan fingerprint density at radius 1 is 1.28 bits per heavy atom. The predicted molar refractivity (Wildman–Crippen MR) is 71.9 cm³/mol. The number of nitrogens with zero attached hydrogens (tertiary/aromatic N) is 1. The van der Waals surface area contributed by atoms with Crippen molar-refractivity contribution in [2.75, 3.05) is 19.6 Å². The van der Waals surface area contributed by atoms with Gasteiger partial charge in [0.15, 0.2) is 0 Å². The van der Waals surface area contributed by atoms with E-state index in [4.69, 9.17) is 11.6 Å². The van der Waals surface area contributed by atoms with E-state index in [1.165, 1.54) is 12.8 Å². The second kappa shape index (κ2) is 4.90. The molecule has 18 heavy (non-hydrogen) atoms. The van der Waals surface area contributed by atoms with Crippen LogP contribution in [0.2, 0.25) is 5.02 Å². The molecule has 1 amide bonds. The Balaban J connectivity index is 1.72. The van der Waals surface area contributed by atoms with Crippen molar-refractivity contribution in [2.24, 2.45) is 5.92 Å². The van der Waals surface area contributed by atoms with Gasteiger partial charge >= 0.3 is 0 Å². The second-order valence-corrected chi connectivity index (χ2v) is 5.62. The van der Waals surface area contributed by atoms with E-state index in [9.17, 15) is 4.79 Å². The Labute approximate surface area is 112 Å². The normalized spacial score (nSPS) is 27.1. The first-order valence-corrected chi connectivity index (χ1v) is 6.90. The third kappa shape index (κ3) is 2.25. The van der Waals surface area contributed by atoms with Crippen LogP contribution >= 0.6 is 11.6 Å². The van der Waals surface area contributed by atoms with Crippen LogP contribution in [0, 0.1) is 5.92 Å². The van der Waals surface area contributed by atoms with Gasteiger partial charge in [0.1, 0.15) is 0 Å². The van der Waals surface area contributed by atoms with Gasteiger partial charge in [-0.2, -0.15) is 0 Å². The van der Waals surface area contributed by atoms with E-state index in [0.29, 0.717) is 17.0 Å². The average molecular weight is 265 g/mol. The van der Waals surface area contributed by atoms with Crippen molar-refractivity contribution in [1.29, 1.82) is 0 Å². The number of likely N-dealkylation sites (tertiary alicyclic amines) is 1. The third-order valence-electron chi connectivity index (χ3n) is 3.98. The topological polar surface area (TPSA) is 32.3 Å². The quantitative estimate of drug-likeness (QED) is 0.843. The second-order valence-electron chi connectivity index (χ2n) is 5.18. The largest absolute Gasteiger partial charge is 0.337 e. The number of carbonyl (C=O) groups is 1. The van der Waals surface area contributed by atoms with E-state index >= 15 is 0 Å². The number of halogens is 1. The zero-order valence-corrected chi connectivity index (χ0v) is 11.0. The van der Waals surface area contributed by atoms with Crippen molar-refractivity contribution in [3.8, 4) is 0 Å². The highest BCUT2D eigenvalue weighted by Gasteiger charge is 2.36. The number of benzene rings is 1. The summed E-state index contributed by atoms with van der Waals surface area (Å²) in [5, 5.41) is 4.18. The van der Waals surface area contributed by atoms with E-state index < -0.39 is 0 Å². The van der Waals surface area contributed by atoms with Crippen molar-refractivity contribution < 1.29 is 4.79 Å². The Hall–Kier alpha value is -1.06. The van der Waals surface area contributed by atoms with Crippen LogP contribution < -0.4 is 5.32 Å². The summed E-state index contributed by atoms with van der Waals surface area (Å²) >= 11 is 5.84. The molecule has 0 radical (unpaired) electrons. The van der Waals surface area contributed by atoms with Crippen LogP contribution in [-0.4, -0.2) is 36.5 Å². The molecule has 0 aliphatic carbocycles. The summed E-state index contributed by atoms with van der Waals surface area (Å²) in [5.74, 6) is 0.762. The highest BCUT2D eigenvalue weighted by Crippen LogP contribution is 2.26. The molecule has 2 saturated heterocycles. The van der Waals surface area contributed by atoms with Crippen molar-refractivity contribution in [1.82, 2.24) is 10.2 Å². The van der Waals surface area contributed by atoms with E-state index in [1.807, 2.05) is 4.90 Å². The van der Waals surface area contributed by atoms with Crippen molar-refractivity contribution in [3.63, 3.8) is 0 Å². The summed E-state index contributed by atoms with van der Waals surface area (Å²) in [4.78, 5) is 14.3. The molecule has 2 aliphatic rings. The summed E-state index contributed by atoms with van der Waals surface area (Å²) in [5.41, 5.74) is 0.734. The fourth-order valence-corrected chi connectivity index (χ4v) is 3.11. The van der Waals surface area contributed by atoms with Crippen LogP contribution in [0.4, 0.5) is 0 Å². The highest BCUT2D eigenvalue weighted by atomic mass is 35.5. The number of piperidine rings is 1. The summed E-state index contributed by atoms with van der Waals surface area (Å²) in [6.07, 6.45) is 2.46. The maximum Gasteiger partial charge on any atom is 0.253 e. The van der Waals surface area contributed by atoms with E-state index in [1.54, 1.807) is 24.3 Å². The molecule has 2 heterocycles. The first-order valence-electron chi connectivity index (χ1n) is 6.52. The standard InChI is InChI=1S/C14H17ClN2O/c15-12-5-3-10(4-6-12)14(18)17-8-11-2-1-7-16-13(11)9-17/h3-6,11,13,16H,1-2,7-9H2. The molecule has 2 unspecified atom stereocenters. The SMILES string of the molecule is O=C(c1ccc(Cl)cc1)N1CC2CCCNC2C1. The molecule has 0 spiro atoms. The predicted octanol–water partition coefficient (Wildman–Crippen LogP) is 2.16. The number of hydrogen-bond donors (Lipinski definition) is 1. The zero-order chi connectivity index (χ0) is 12.5. The number of carbonyl (C=O) groups excluding carboxylic acids is 1. The highest BCUT2D eigenvalue weighted by molar-refractivity contribution is 6.30. The molecule has 2 atom stereocenters. The van der Waals surface area contributed by atoms with Gasteiger partial charge in [-0.1, -0.05) is 11.6 Å². The summed E-state index contributed by atoms with van der Waals surface area (Å²) in [6.45, 7) is 2.81. The molecule has 1 aromatic rings. The summed E-state index contributed by atoms with van der Waals surface area (Å²) in [7, 11) is 0. The smallest absolute Gasteiger partial charge is 0.253 e. The Morgan fingerprint density at radius 2 is 2.06 bits per heavy atom. The lowest BCUT2D eigenvalue weighted by Gasteiger charge is -2.24. The van der Waals surface area contributed by atoms with E-state index in [0.717, 1.165) is 25.2 Å². The van der Waals surface area contributed by atoms with Gasteiger partial charge in [-0.15, -0.1) is 0 Å². The number of hydrogen-bond acceptors (Lipinski definition) is 2. The molecule has 1 aromatic carbocycles. The van der Waals surface area contributed by atoms with Crippen molar-refractivity contribution in [2.45, 2.75) is 18.9 Å². The number of fused-ring (bicyclic) bond motifs is 1. The van der Waals surface area contributed by atoms with Gasteiger partial charge in [-0.25, -0.2) is 0 Å². The minimum absolute atomic E-state index is 0.128. The minimum Gasteiger partial charge on any atom is -0.337 e. The van der Waals surface area contributed by atoms with Gasteiger partial charge in [-0.05, 0) is 49.6 Å². The van der Waals surface area contributed by atoms with Crippen LogP contribution in [-0.2, 0) is 0 Å². The van der Waals surface area contributed by atoms with Crippen LogP contribution in [0.25, 0.3) is 0 Å². The molecule has 0 aromatic heterocycles.